The van der Waals surface area contributed by atoms with Gasteiger partial charge in [-0.2, -0.15) is 17.9 Å². The topological polar surface area (TPSA) is 151 Å². The first-order valence-electron chi connectivity index (χ1n) is 12.2. The standard InChI is InChI=1S/C26H16ClF3N8O4/c27-15-1-3-20(37-12-33-35-36-37)17(10-15)14-7-16-2-4-21(38(16)22(39)9-14)23-32-11-19(34-23)18-8-13(5-6-31-18)24(40)42-25(41)26(28,29)30/h1,3,5-12,21H,2,4H2,(H,32,34)/t21-/m0/s1. The number of esters is 2. The summed E-state index contributed by atoms with van der Waals surface area (Å²) in [6.45, 7) is 0. The molecule has 1 aliphatic rings. The normalized spacial score (nSPS) is 14.5. The van der Waals surface area contributed by atoms with Gasteiger partial charge in [-0.15, -0.1) is 5.10 Å². The number of rotatable bonds is 5. The zero-order chi connectivity index (χ0) is 29.6. The van der Waals surface area contributed by atoms with Crippen LogP contribution in [0.1, 0.15) is 34.3 Å². The summed E-state index contributed by atoms with van der Waals surface area (Å²) in [5, 5.41) is 11.8. The molecule has 0 spiro atoms. The van der Waals surface area contributed by atoms with Crippen LogP contribution >= 0.6 is 11.6 Å². The van der Waals surface area contributed by atoms with E-state index in [-0.39, 0.29) is 16.8 Å². The van der Waals surface area contributed by atoms with Crippen LogP contribution < -0.4 is 5.56 Å². The van der Waals surface area contributed by atoms with Crippen molar-refractivity contribution >= 4 is 23.5 Å². The Hall–Kier alpha value is -5.18. The van der Waals surface area contributed by atoms with Crippen LogP contribution in [0.5, 0.6) is 0 Å². The molecule has 12 nitrogen and oxygen atoms in total. The van der Waals surface area contributed by atoms with Gasteiger partial charge < -0.3 is 14.3 Å². The average Bonchev–Trinajstić information content (AvgIpc) is 3.73. The molecule has 42 heavy (non-hydrogen) atoms. The number of aryl methyl sites for hydroxylation is 1. The largest absolute Gasteiger partial charge is 0.491 e. The number of aromatic nitrogens is 8. The van der Waals surface area contributed by atoms with E-state index in [1.54, 1.807) is 22.8 Å². The number of tetrazole rings is 1. The predicted molar refractivity (Wildman–Crippen MR) is 139 cm³/mol. The van der Waals surface area contributed by atoms with Gasteiger partial charge in [0.1, 0.15) is 12.2 Å². The maximum absolute atomic E-state index is 13.4. The molecule has 1 aromatic carbocycles. The molecule has 0 aliphatic carbocycles. The van der Waals surface area contributed by atoms with Crippen LogP contribution in [0.2, 0.25) is 5.02 Å². The first kappa shape index (κ1) is 27.0. The van der Waals surface area contributed by atoms with Crippen LogP contribution in [0.4, 0.5) is 13.2 Å². The zero-order valence-electron chi connectivity index (χ0n) is 21.0. The molecule has 1 N–H and O–H groups in total. The lowest BCUT2D eigenvalue weighted by Crippen LogP contribution is -2.28. The van der Waals surface area contributed by atoms with E-state index in [4.69, 9.17) is 11.6 Å². The number of hydrogen-bond donors (Lipinski definition) is 1. The first-order valence-corrected chi connectivity index (χ1v) is 12.6. The van der Waals surface area contributed by atoms with Gasteiger partial charge in [0.25, 0.3) is 5.56 Å². The van der Waals surface area contributed by atoms with E-state index in [0.717, 1.165) is 17.8 Å². The number of carbonyl (C=O) groups is 2. The lowest BCUT2D eigenvalue weighted by Gasteiger charge is -2.15. The first-order chi connectivity index (χ1) is 20.1. The Labute approximate surface area is 237 Å². The Bertz CT molecular complexity index is 1900. The van der Waals surface area contributed by atoms with Crippen LogP contribution in [0.15, 0.2) is 66.0 Å². The van der Waals surface area contributed by atoms with E-state index < -0.39 is 24.2 Å². The van der Waals surface area contributed by atoms with Crippen molar-refractivity contribution in [3.63, 3.8) is 0 Å². The van der Waals surface area contributed by atoms with E-state index in [9.17, 15) is 27.6 Å². The number of imidazole rings is 1. The van der Waals surface area contributed by atoms with E-state index in [1.807, 2.05) is 6.07 Å². The summed E-state index contributed by atoms with van der Waals surface area (Å²) in [6.07, 6.45) is -0.146. The molecular weight excluding hydrogens is 581 g/mol. The van der Waals surface area contributed by atoms with Crippen molar-refractivity contribution in [1.29, 1.82) is 0 Å². The van der Waals surface area contributed by atoms with Crippen LogP contribution in [0.3, 0.4) is 0 Å². The molecule has 16 heteroatoms. The Kier molecular flexibility index (Phi) is 6.65. The molecule has 0 saturated carbocycles. The van der Waals surface area contributed by atoms with Crippen molar-refractivity contribution in [1.82, 2.24) is 39.7 Å². The van der Waals surface area contributed by atoms with Gasteiger partial charge in [-0.05, 0) is 65.2 Å². The molecule has 5 heterocycles. The summed E-state index contributed by atoms with van der Waals surface area (Å²) in [5.41, 5.74) is 2.62. The van der Waals surface area contributed by atoms with Gasteiger partial charge in [-0.25, -0.2) is 14.6 Å². The summed E-state index contributed by atoms with van der Waals surface area (Å²) in [5.74, 6) is -3.65. The lowest BCUT2D eigenvalue weighted by atomic mass is 10.0. The second kappa shape index (κ2) is 10.3. The maximum atomic E-state index is 13.4. The Morgan fingerprint density at radius 3 is 2.69 bits per heavy atom. The van der Waals surface area contributed by atoms with Crippen molar-refractivity contribution in [2.24, 2.45) is 0 Å². The van der Waals surface area contributed by atoms with Crippen LogP contribution in [0.25, 0.3) is 28.2 Å². The molecule has 0 fully saturated rings. The lowest BCUT2D eigenvalue weighted by molar-refractivity contribution is -0.193. The Balaban J connectivity index is 1.28. The fourth-order valence-electron chi connectivity index (χ4n) is 4.76. The molecule has 0 bridgehead atoms. The number of nitrogens with zero attached hydrogens (tertiary/aromatic N) is 7. The van der Waals surface area contributed by atoms with E-state index >= 15 is 0 Å². The number of nitrogens with one attached hydrogen (secondary N) is 1. The summed E-state index contributed by atoms with van der Waals surface area (Å²) < 4.78 is 44.4. The van der Waals surface area contributed by atoms with Crippen molar-refractivity contribution in [3.8, 4) is 28.2 Å². The maximum Gasteiger partial charge on any atom is 0.491 e. The summed E-state index contributed by atoms with van der Waals surface area (Å²) >= 11 is 6.26. The number of fused-ring (bicyclic) bond motifs is 1. The Morgan fingerprint density at radius 2 is 1.93 bits per heavy atom. The fourth-order valence-corrected chi connectivity index (χ4v) is 4.93. The van der Waals surface area contributed by atoms with Gasteiger partial charge in [-0.1, -0.05) is 11.6 Å². The smallest absolute Gasteiger partial charge is 0.383 e. The molecule has 0 radical (unpaired) electrons. The van der Waals surface area contributed by atoms with Gasteiger partial charge in [0.15, 0.2) is 0 Å². The highest BCUT2D eigenvalue weighted by atomic mass is 35.5. The third-order valence-corrected chi connectivity index (χ3v) is 6.83. The fraction of sp³-hybridized carbons (Fsp3) is 0.154. The summed E-state index contributed by atoms with van der Waals surface area (Å²) in [6, 6.07) is 10.4. The second-order valence-electron chi connectivity index (χ2n) is 9.20. The molecule has 6 rings (SSSR count). The number of carbonyl (C=O) groups excluding carboxylic acids is 2. The van der Waals surface area contributed by atoms with Gasteiger partial charge >= 0.3 is 18.1 Å². The molecule has 4 aromatic heterocycles. The molecule has 212 valence electrons. The molecule has 0 saturated heterocycles. The van der Waals surface area contributed by atoms with Gasteiger partial charge in [-0.3, -0.25) is 9.78 Å². The Morgan fingerprint density at radius 1 is 1.10 bits per heavy atom. The number of aromatic amines is 1. The monoisotopic (exact) mass is 596 g/mol. The molecule has 5 aromatic rings. The van der Waals surface area contributed by atoms with Gasteiger partial charge in [0, 0.05) is 28.5 Å². The third kappa shape index (κ3) is 5.05. The highest BCUT2D eigenvalue weighted by Crippen LogP contribution is 2.34. The average molecular weight is 597 g/mol. The molecule has 0 amide bonds. The summed E-state index contributed by atoms with van der Waals surface area (Å²) in [4.78, 5) is 48.1. The minimum absolute atomic E-state index is 0.166. The number of alkyl halides is 3. The van der Waals surface area contributed by atoms with E-state index in [0.29, 0.717) is 46.2 Å². The number of halogens is 4. The van der Waals surface area contributed by atoms with Crippen molar-refractivity contribution in [2.75, 3.05) is 0 Å². The van der Waals surface area contributed by atoms with Crippen molar-refractivity contribution < 1.29 is 27.5 Å². The SMILES string of the molecule is O=C(OC(=O)C(F)(F)F)c1ccnc(-c2cnc([C@@H]3CCc4cc(-c5cc(Cl)ccc5-n5cnnn5)cc(=O)n43)[nH]2)c1. The quantitative estimate of drug-likeness (QED) is 0.236. The number of pyridine rings is 2. The predicted octanol–water partition coefficient (Wildman–Crippen LogP) is 3.71. The zero-order valence-corrected chi connectivity index (χ0v) is 21.8. The highest BCUT2D eigenvalue weighted by molar-refractivity contribution is 6.31. The molecular formula is C26H16ClF3N8O4. The van der Waals surface area contributed by atoms with Crippen LogP contribution in [-0.2, 0) is 16.0 Å². The van der Waals surface area contributed by atoms with Crippen molar-refractivity contribution in [3.05, 3.63) is 93.6 Å². The number of benzene rings is 1. The number of hydrogen-bond acceptors (Lipinski definition) is 9. The molecule has 1 aliphatic heterocycles. The second-order valence-corrected chi connectivity index (χ2v) is 9.64. The summed E-state index contributed by atoms with van der Waals surface area (Å²) in [7, 11) is 0. The van der Waals surface area contributed by atoms with E-state index in [2.05, 4.69) is 35.2 Å². The van der Waals surface area contributed by atoms with Gasteiger partial charge in [0.2, 0.25) is 0 Å². The third-order valence-electron chi connectivity index (χ3n) is 6.60. The molecule has 0 unspecified atom stereocenters. The molecule has 1 atom stereocenters. The highest BCUT2D eigenvalue weighted by Gasteiger charge is 2.42. The van der Waals surface area contributed by atoms with E-state index in [1.165, 1.54) is 29.5 Å². The number of ether oxygens (including phenoxy) is 1. The van der Waals surface area contributed by atoms with Crippen LogP contribution in [0, 0.1) is 0 Å². The van der Waals surface area contributed by atoms with Crippen LogP contribution in [-0.4, -0.2) is 57.8 Å². The van der Waals surface area contributed by atoms with Crippen molar-refractivity contribution in [2.45, 2.75) is 25.1 Å². The number of H-pyrrole nitrogens is 1. The van der Waals surface area contributed by atoms with Gasteiger partial charge in [0.05, 0.1) is 34.9 Å². The minimum Gasteiger partial charge on any atom is -0.383 e. The minimum atomic E-state index is -5.31.